The Hall–Kier alpha value is -3.16. The first-order chi connectivity index (χ1) is 15.1. The van der Waals surface area contributed by atoms with E-state index in [1.54, 1.807) is 36.4 Å². The van der Waals surface area contributed by atoms with Crippen LogP contribution in [0.25, 0.3) is 0 Å². The Kier molecular flexibility index (Phi) is 5.00. The Bertz CT molecular complexity index is 1150. The van der Waals surface area contributed by atoms with Crippen LogP contribution in [0.3, 0.4) is 0 Å². The molecule has 0 bridgehead atoms. The number of hydrogen-bond acceptors (Lipinski definition) is 5. The lowest BCUT2D eigenvalue weighted by molar-refractivity contribution is -0.126. The van der Waals surface area contributed by atoms with Gasteiger partial charge in [0.2, 0.25) is 5.91 Å². The van der Waals surface area contributed by atoms with E-state index in [1.807, 2.05) is 54.6 Å². The predicted molar refractivity (Wildman–Crippen MR) is 120 cm³/mol. The third-order valence-electron chi connectivity index (χ3n) is 5.63. The highest BCUT2D eigenvalue weighted by molar-refractivity contribution is 9.10. The van der Waals surface area contributed by atoms with Gasteiger partial charge in [-0.25, -0.2) is 9.96 Å². The second-order valence-corrected chi connectivity index (χ2v) is 8.34. The third-order valence-corrected chi connectivity index (χ3v) is 6.12. The van der Waals surface area contributed by atoms with E-state index in [1.165, 1.54) is 4.90 Å². The highest BCUT2D eigenvalue weighted by atomic mass is 79.9. The number of carbonyl (C=O) groups excluding carboxylic acids is 2. The molecule has 0 N–H and O–H groups in total. The topological polar surface area (TPSA) is 59.1 Å². The van der Waals surface area contributed by atoms with Crippen LogP contribution in [0.1, 0.15) is 11.6 Å². The molecular formula is C24H19BrN2O4. The van der Waals surface area contributed by atoms with Crippen LogP contribution in [0, 0.1) is 5.92 Å². The second-order valence-electron chi connectivity index (χ2n) is 7.43. The minimum Gasteiger partial charge on any atom is -0.497 e. The summed E-state index contributed by atoms with van der Waals surface area (Å²) in [4.78, 5) is 34.3. The van der Waals surface area contributed by atoms with E-state index in [4.69, 9.17) is 9.57 Å². The largest absolute Gasteiger partial charge is 0.497 e. The molecule has 0 saturated carbocycles. The average molecular weight is 479 g/mol. The first kappa shape index (κ1) is 19.8. The van der Waals surface area contributed by atoms with Gasteiger partial charge >= 0.3 is 0 Å². The maximum absolute atomic E-state index is 13.6. The molecule has 0 aliphatic carbocycles. The molecule has 7 heteroatoms. The number of anilines is 2. The van der Waals surface area contributed by atoms with Crippen molar-refractivity contribution in [2.45, 2.75) is 12.1 Å². The third kappa shape index (κ3) is 3.30. The van der Waals surface area contributed by atoms with Gasteiger partial charge in [-0.1, -0.05) is 52.3 Å². The van der Waals surface area contributed by atoms with Gasteiger partial charge in [-0.15, -0.1) is 0 Å². The van der Waals surface area contributed by atoms with E-state index in [9.17, 15) is 9.59 Å². The first-order valence-electron chi connectivity index (χ1n) is 9.87. The summed E-state index contributed by atoms with van der Waals surface area (Å²) in [6, 6.07) is 23.7. The summed E-state index contributed by atoms with van der Waals surface area (Å²) < 4.78 is 6.16. The monoisotopic (exact) mass is 478 g/mol. The van der Waals surface area contributed by atoms with E-state index < -0.39 is 18.1 Å². The van der Waals surface area contributed by atoms with Gasteiger partial charge in [0, 0.05) is 10.5 Å². The number of methoxy groups -OCH3 is 1. The summed E-state index contributed by atoms with van der Waals surface area (Å²) in [7, 11) is 1.55. The van der Waals surface area contributed by atoms with Gasteiger partial charge < -0.3 is 4.74 Å². The minimum atomic E-state index is -0.900. The SMILES string of the molecule is COc1cccc(N2C(=O)[C@@H]3[C@@H](ON(c4ccccc4)[C@H]3c3cccc(Br)c3)C2=O)c1. The molecule has 2 heterocycles. The molecule has 0 unspecified atom stereocenters. The van der Waals surface area contributed by atoms with Crippen molar-refractivity contribution in [3.05, 3.63) is 88.9 Å². The van der Waals surface area contributed by atoms with Gasteiger partial charge in [0.05, 0.1) is 24.5 Å². The first-order valence-corrected chi connectivity index (χ1v) is 10.7. The zero-order valence-electron chi connectivity index (χ0n) is 16.6. The predicted octanol–water partition coefficient (Wildman–Crippen LogP) is 4.51. The fraction of sp³-hybridized carbons (Fsp3) is 0.167. The lowest BCUT2D eigenvalue weighted by Gasteiger charge is -2.29. The van der Waals surface area contributed by atoms with Crippen molar-refractivity contribution in [2.75, 3.05) is 17.1 Å². The molecule has 0 aromatic heterocycles. The number of benzene rings is 3. The van der Waals surface area contributed by atoms with E-state index in [2.05, 4.69) is 15.9 Å². The zero-order chi connectivity index (χ0) is 21.5. The molecule has 6 nitrogen and oxygen atoms in total. The quantitative estimate of drug-likeness (QED) is 0.516. The molecule has 2 saturated heterocycles. The molecule has 2 aliphatic rings. The van der Waals surface area contributed by atoms with Crippen molar-refractivity contribution in [3.8, 4) is 5.75 Å². The summed E-state index contributed by atoms with van der Waals surface area (Å²) in [6.45, 7) is 0. The normalized spacial score (nSPS) is 22.7. The fourth-order valence-corrected chi connectivity index (χ4v) is 4.66. The number of imide groups is 1. The van der Waals surface area contributed by atoms with Gasteiger partial charge in [-0.3, -0.25) is 14.4 Å². The van der Waals surface area contributed by atoms with Crippen LogP contribution in [-0.4, -0.2) is 25.0 Å². The van der Waals surface area contributed by atoms with Crippen molar-refractivity contribution in [2.24, 2.45) is 5.92 Å². The number of hydrogen-bond donors (Lipinski definition) is 0. The highest BCUT2D eigenvalue weighted by Gasteiger charge is 2.60. The summed E-state index contributed by atoms with van der Waals surface area (Å²) in [5.41, 5.74) is 2.15. The van der Waals surface area contributed by atoms with Crippen molar-refractivity contribution >= 4 is 39.1 Å². The van der Waals surface area contributed by atoms with Crippen molar-refractivity contribution in [3.63, 3.8) is 0 Å². The van der Waals surface area contributed by atoms with Gasteiger partial charge in [0.25, 0.3) is 5.91 Å². The van der Waals surface area contributed by atoms with E-state index >= 15 is 0 Å². The van der Waals surface area contributed by atoms with Crippen molar-refractivity contribution in [1.29, 1.82) is 0 Å². The Morgan fingerprint density at radius 3 is 2.35 bits per heavy atom. The molecule has 0 radical (unpaired) electrons. The lowest BCUT2D eigenvalue weighted by atomic mass is 9.90. The molecule has 0 spiro atoms. The van der Waals surface area contributed by atoms with Crippen LogP contribution in [0.5, 0.6) is 5.75 Å². The number of rotatable bonds is 4. The summed E-state index contributed by atoms with van der Waals surface area (Å²) in [5, 5.41) is 1.69. The molecule has 3 atom stereocenters. The molecular weight excluding hydrogens is 460 g/mol. The fourth-order valence-electron chi connectivity index (χ4n) is 4.25. The number of fused-ring (bicyclic) bond motifs is 1. The van der Waals surface area contributed by atoms with E-state index in [-0.39, 0.29) is 11.8 Å². The Labute approximate surface area is 188 Å². The molecule has 2 aliphatic heterocycles. The number of carbonyl (C=O) groups is 2. The van der Waals surface area contributed by atoms with Crippen LogP contribution in [-0.2, 0) is 14.4 Å². The molecule has 3 aromatic rings. The van der Waals surface area contributed by atoms with Gasteiger partial charge in [0.1, 0.15) is 11.7 Å². The molecule has 5 rings (SSSR count). The minimum absolute atomic E-state index is 0.286. The van der Waals surface area contributed by atoms with Crippen LogP contribution >= 0.6 is 15.9 Å². The molecule has 2 fully saturated rings. The summed E-state index contributed by atoms with van der Waals surface area (Å²) >= 11 is 3.51. The number of hydroxylamine groups is 1. The number of ether oxygens (including phenoxy) is 1. The summed E-state index contributed by atoms with van der Waals surface area (Å²) in [5.74, 6) is -0.757. The second kappa shape index (κ2) is 7.83. The van der Waals surface area contributed by atoms with Crippen molar-refractivity contribution < 1.29 is 19.2 Å². The smallest absolute Gasteiger partial charge is 0.266 e. The van der Waals surface area contributed by atoms with Gasteiger partial charge in [-0.05, 0) is 42.0 Å². The standard InChI is InChI=1S/C24H19BrN2O4/c1-30-19-12-6-11-18(14-19)26-23(28)20-21(15-7-5-8-16(25)13-15)27(31-22(20)24(26)29)17-9-3-2-4-10-17/h2-14,20-22H,1H3/t20-,21-,22+/m0/s1. The average Bonchev–Trinajstić information content (AvgIpc) is 3.30. The Morgan fingerprint density at radius 1 is 0.871 bits per heavy atom. The Morgan fingerprint density at radius 2 is 1.61 bits per heavy atom. The van der Waals surface area contributed by atoms with Crippen molar-refractivity contribution in [1.82, 2.24) is 0 Å². The van der Waals surface area contributed by atoms with Gasteiger partial charge in [0.15, 0.2) is 6.10 Å². The maximum atomic E-state index is 13.6. The number of amides is 2. The summed E-state index contributed by atoms with van der Waals surface area (Å²) in [6.07, 6.45) is -0.900. The number of nitrogens with zero attached hydrogens (tertiary/aromatic N) is 2. The lowest BCUT2D eigenvalue weighted by Crippen LogP contribution is -2.37. The van der Waals surface area contributed by atoms with Gasteiger partial charge in [-0.2, -0.15) is 0 Å². The number of halogens is 1. The molecule has 3 aromatic carbocycles. The van der Waals surface area contributed by atoms with Crippen LogP contribution < -0.4 is 14.7 Å². The van der Waals surface area contributed by atoms with Crippen LogP contribution in [0.2, 0.25) is 0 Å². The van der Waals surface area contributed by atoms with E-state index in [0.29, 0.717) is 11.4 Å². The van der Waals surface area contributed by atoms with E-state index in [0.717, 1.165) is 15.7 Å². The molecule has 31 heavy (non-hydrogen) atoms. The zero-order valence-corrected chi connectivity index (χ0v) is 18.2. The number of para-hydroxylation sites is 1. The Balaban J connectivity index is 1.58. The maximum Gasteiger partial charge on any atom is 0.266 e. The molecule has 156 valence electrons. The van der Waals surface area contributed by atoms with Crippen LogP contribution in [0.4, 0.5) is 11.4 Å². The highest BCUT2D eigenvalue weighted by Crippen LogP contribution is 2.48. The molecule has 2 amide bonds. The van der Waals surface area contributed by atoms with Crippen LogP contribution in [0.15, 0.2) is 83.3 Å².